The normalized spacial score (nSPS) is 28.1. The molecule has 142 valence electrons. The summed E-state index contributed by atoms with van der Waals surface area (Å²) in [5.74, 6) is 4.09. The summed E-state index contributed by atoms with van der Waals surface area (Å²) < 4.78 is 22.8. The zero-order valence-electron chi connectivity index (χ0n) is 15.4. The third-order valence-corrected chi connectivity index (χ3v) is 4.34. The van der Waals surface area contributed by atoms with Crippen LogP contribution < -0.4 is 0 Å². The van der Waals surface area contributed by atoms with E-state index in [0.717, 1.165) is 18.4 Å². The number of hydrogen-bond acceptors (Lipinski definition) is 6. The molecule has 0 amide bonds. The van der Waals surface area contributed by atoms with E-state index in [1.807, 2.05) is 30.3 Å². The van der Waals surface area contributed by atoms with Crippen molar-refractivity contribution in [2.75, 3.05) is 6.61 Å². The topological polar surface area (TPSA) is 71.1 Å². The van der Waals surface area contributed by atoms with Gasteiger partial charge in [0.1, 0.15) is 0 Å². The minimum absolute atomic E-state index is 0.321. The summed E-state index contributed by atoms with van der Waals surface area (Å²) in [7, 11) is 0. The molecule has 6 heteroatoms. The maximum Gasteiger partial charge on any atom is 0.303 e. The molecule has 0 unspecified atom stereocenters. The van der Waals surface area contributed by atoms with Crippen molar-refractivity contribution in [3.63, 3.8) is 0 Å². The Kier molecular flexibility index (Phi) is 5.82. The Balaban J connectivity index is 1.93. The van der Waals surface area contributed by atoms with Crippen molar-refractivity contribution < 1.29 is 28.5 Å². The average Bonchev–Trinajstić information content (AvgIpc) is 2.89. The summed E-state index contributed by atoms with van der Waals surface area (Å²) >= 11 is 0. The lowest BCUT2D eigenvalue weighted by Crippen LogP contribution is -2.50. The van der Waals surface area contributed by atoms with Gasteiger partial charge in [0, 0.05) is 31.9 Å². The number of allylic oxidation sites excluding steroid dienone is 1. The lowest BCUT2D eigenvalue weighted by molar-refractivity contribution is -0.263. The highest BCUT2D eigenvalue weighted by molar-refractivity contribution is 5.68. The summed E-state index contributed by atoms with van der Waals surface area (Å²) in [4.78, 5) is 23.3. The van der Waals surface area contributed by atoms with E-state index in [-0.39, 0.29) is 0 Å². The predicted molar refractivity (Wildman–Crippen MR) is 96.1 cm³/mol. The SMILES string of the molecule is CC(=O)O[C@H]1/C(=C/C#Cc2ccccc2)O[C@@]2(CCCCO2)[C@H]1OC(C)=O. The van der Waals surface area contributed by atoms with Gasteiger partial charge in [-0.2, -0.15) is 0 Å². The molecule has 2 heterocycles. The second-order valence-corrected chi connectivity index (χ2v) is 6.46. The van der Waals surface area contributed by atoms with Gasteiger partial charge in [0.2, 0.25) is 12.2 Å². The van der Waals surface area contributed by atoms with E-state index in [0.29, 0.717) is 18.8 Å². The van der Waals surface area contributed by atoms with Crippen LogP contribution in [-0.4, -0.2) is 36.5 Å². The van der Waals surface area contributed by atoms with Crippen LogP contribution in [0.3, 0.4) is 0 Å². The summed E-state index contributed by atoms with van der Waals surface area (Å²) in [6, 6.07) is 9.48. The molecule has 1 aromatic rings. The molecule has 0 aromatic heterocycles. The van der Waals surface area contributed by atoms with E-state index < -0.39 is 29.9 Å². The van der Waals surface area contributed by atoms with Gasteiger partial charge in [-0.15, -0.1) is 0 Å². The van der Waals surface area contributed by atoms with Gasteiger partial charge in [-0.05, 0) is 25.0 Å². The molecule has 0 bridgehead atoms. The minimum atomic E-state index is -1.15. The molecule has 2 aliphatic rings. The Hall–Kier alpha value is -2.78. The van der Waals surface area contributed by atoms with Crippen LogP contribution in [0.1, 0.15) is 38.7 Å². The second-order valence-electron chi connectivity index (χ2n) is 6.46. The minimum Gasteiger partial charge on any atom is -0.458 e. The van der Waals surface area contributed by atoms with Crippen molar-refractivity contribution in [1.29, 1.82) is 0 Å². The first-order chi connectivity index (χ1) is 13.0. The zero-order chi connectivity index (χ0) is 19.3. The predicted octanol–water partition coefficient (Wildman–Crippen LogP) is 2.71. The molecule has 27 heavy (non-hydrogen) atoms. The average molecular weight is 370 g/mol. The molecule has 1 aromatic carbocycles. The molecular formula is C21H22O6. The van der Waals surface area contributed by atoms with Gasteiger partial charge in [0.15, 0.2) is 5.76 Å². The fourth-order valence-electron chi connectivity index (χ4n) is 3.24. The molecule has 0 N–H and O–H groups in total. The quantitative estimate of drug-likeness (QED) is 0.589. The van der Waals surface area contributed by atoms with Gasteiger partial charge < -0.3 is 18.9 Å². The van der Waals surface area contributed by atoms with Gasteiger partial charge >= 0.3 is 11.9 Å². The van der Waals surface area contributed by atoms with Crippen LogP contribution >= 0.6 is 0 Å². The van der Waals surface area contributed by atoms with Gasteiger partial charge in [-0.3, -0.25) is 9.59 Å². The lowest BCUT2D eigenvalue weighted by atomic mass is 9.98. The standard InChI is InChI=1S/C21H22O6/c1-15(22)25-19-18(12-8-11-17-9-4-3-5-10-17)27-21(13-6-7-14-24-21)20(19)26-16(2)23/h3-5,9-10,12,19-20H,6-7,13-14H2,1-2H3/b18-12-/t19-,20-,21-/m0/s1. The maximum absolute atomic E-state index is 11.6. The monoisotopic (exact) mass is 370 g/mol. The van der Waals surface area contributed by atoms with Gasteiger partial charge in [0.25, 0.3) is 5.79 Å². The van der Waals surface area contributed by atoms with Crippen molar-refractivity contribution in [2.45, 2.75) is 51.1 Å². The summed E-state index contributed by atoms with van der Waals surface area (Å²) in [6.45, 7) is 3.08. The number of hydrogen-bond donors (Lipinski definition) is 0. The Morgan fingerprint density at radius 1 is 1.15 bits per heavy atom. The van der Waals surface area contributed by atoms with E-state index in [1.165, 1.54) is 13.8 Å². The first kappa shape index (κ1) is 19.0. The van der Waals surface area contributed by atoms with Crippen molar-refractivity contribution in [3.05, 3.63) is 47.7 Å². The highest BCUT2D eigenvalue weighted by atomic mass is 16.7. The van der Waals surface area contributed by atoms with Gasteiger partial charge in [0.05, 0.1) is 6.61 Å². The number of esters is 2. The molecular weight excluding hydrogens is 348 g/mol. The summed E-state index contributed by atoms with van der Waals surface area (Å²) in [5, 5.41) is 0. The highest BCUT2D eigenvalue weighted by Gasteiger charge is 2.59. The van der Waals surface area contributed by atoms with E-state index in [2.05, 4.69) is 11.8 Å². The molecule has 6 nitrogen and oxygen atoms in total. The molecule has 1 spiro atoms. The Morgan fingerprint density at radius 2 is 1.89 bits per heavy atom. The summed E-state index contributed by atoms with van der Waals surface area (Å²) in [6.07, 6.45) is 2.06. The van der Waals surface area contributed by atoms with Crippen LogP contribution in [0.4, 0.5) is 0 Å². The third-order valence-electron chi connectivity index (χ3n) is 4.34. The lowest BCUT2D eigenvalue weighted by Gasteiger charge is -2.36. The van der Waals surface area contributed by atoms with Gasteiger partial charge in [-0.1, -0.05) is 30.0 Å². The molecule has 2 aliphatic heterocycles. The molecule has 0 radical (unpaired) electrons. The first-order valence-corrected chi connectivity index (χ1v) is 8.94. The van der Waals surface area contributed by atoms with Crippen molar-refractivity contribution in [2.24, 2.45) is 0 Å². The highest BCUT2D eigenvalue weighted by Crippen LogP contribution is 2.43. The van der Waals surface area contributed by atoms with Crippen molar-refractivity contribution in [1.82, 2.24) is 0 Å². The summed E-state index contributed by atoms with van der Waals surface area (Å²) in [5.41, 5.74) is 0.844. The maximum atomic E-state index is 11.6. The molecule has 3 rings (SSSR count). The van der Waals surface area contributed by atoms with Crippen LogP contribution in [0.2, 0.25) is 0 Å². The first-order valence-electron chi connectivity index (χ1n) is 8.94. The second kappa shape index (κ2) is 8.28. The Bertz CT molecular complexity index is 780. The Labute approximate surface area is 158 Å². The van der Waals surface area contributed by atoms with Crippen LogP contribution in [0, 0.1) is 11.8 Å². The smallest absolute Gasteiger partial charge is 0.303 e. The Morgan fingerprint density at radius 3 is 2.52 bits per heavy atom. The van der Waals surface area contributed by atoms with E-state index in [1.54, 1.807) is 6.08 Å². The number of carbonyl (C=O) groups is 2. The van der Waals surface area contributed by atoms with E-state index in [9.17, 15) is 9.59 Å². The molecule has 0 saturated carbocycles. The zero-order valence-corrected chi connectivity index (χ0v) is 15.4. The number of benzene rings is 1. The number of rotatable bonds is 2. The fourth-order valence-corrected chi connectivity index (χ4v) is 3.24. The van der Waals surface area contributed by atoms with Crippen LogP contribution in [0.5, 0.6) is 0 Å². The van der Waals surface area contributed by atoms with Crippen LogP contribution in [-0.2, 0) is 28.5 Å². The van der Waals surface area contributed by atoms with Crippen molar-refractivity contribution in [3.8, 4) is 11.8 Å². The van der Waals surface area contributed by atoms with Gasteiger partial charge in [-0.25, -0.2) is 0 Å². The molecule has 0 aliphatic carbocycles. The molecule has 3 atom stereocenters. The fraction of sp³-hybridized carbons (Fsp3) is 0.429. The molecule has 2 fully saturated rings. The largest absolute Gasteiger partial charge is 0.458 e. The number of carbonyl (C=O) groups excluding carboxylic acids is 2. The van der Waals surface area contributed by atoms with Crippen LogP contribution in [0.25, 0.3) is 0 Å². The number of ether oxygens (including phenoxy) is 4. The molecule has 2 saturated heterocycles. The van der Waals surface area contributed by atoms with E-state index in [4.69, 9.17) is 18.9 Å². The van der Waals surface area contributed by atoms with Crippen molar-refractivity contribution >= 4 is 11.9 Å². The van der Waals surface area contributed by atoms with E-state index >= 15 is 0 Å². The third kappa shape index (κ3) is 4.50. The van der Waals surface area contributed by atoms with Crippen LogP contribution in [0.15, 0.2) is 42.2 Å².